The summed E-state index contributed by atoms with van der Waals surface area (Å²) in [6, 6.07) is 9.01. The fourth-order valence-electron chi connectivity index (χ4n) is 2.50. The van der Waals surface area contributed by atoms with Crippen molar-refractivity contribution in [2.24, 2.45) is 0 Å². The van der Waals surface area contributed by atoms with Crippen molar-refractivity contribution in [2.45, 2.75) is 13.8 Å². The molecule has 3 aromatic heterocycles. The number of rotatable bonds is 4. The topological polar surface area (TPSA) is 65.7 Å². The summed E-state index contributed by atoms with van der Waals surface area (Å²) in [5, 5.41) is 0. The molecule has 3 aromatic rings. The van der Waals surface area contributed by atoms with E-state index in [-0.39, 0.29) is 0 Å². The van der Waals surface area contributed by atoms with E-state index in [1.165, 1.54) is 0 Å². The third-order valence-electron chi connectivity index (χ3n) is 3.55. The van der Waals surface area contributed by atoms with Gasteiger partial charge in [-0.25, -0.2) is 9.78 Å². The number of hydrogen-bond acceptors (Lipinski definition) is 5. The summed E-state index contributed by atoms with van der Waals surface area (Å²) in [5.41, 5.74) is 3.45. The number of imidazole rings is 1. The first-order chi connectivity index (χ1) is 11.2. The highest BCUT2D eigenvalue weighted by Crippen LogP contribution is 2.27. The number of esters is 1. The lowest BCUT2D eigenvalue weighted by molar-refractivity contribution is 0.0526. The van der Waals surface area contributed by atoms with Crippen molar-refractivity contribution in [3.63, 3.8) is 0 Å². The van der Waals surface area contributed by atoms with E-state index in [2.05, 4.69) is 9.97 Å². The molecule has 0 aliphatic rings. The Balaban J connectivity index is 2.21. The third-order valence-corrected chi connectivity index (χ3v) is 3.55. The monoisotopic (exact) mass is 311 g/mol. The number of aromatic nitrogens is 3. The molecule has 0 atom stereocenters. The van der Waals surface area contributed by atoms with Crippen molar-refractivity contribution in [1.29, 1.82) is 0 Å². The minimum Gasteiger partial charge on any atom is -0.482 e. The molecule has 0 aliphatic carbocycles. The molecule has 118 valence electrons. The zero-order valence-electron chi connectivity index (χ0n) is 13.2. The Morgan fingerprint density at radius 2 is 2.13 bits per heavy atom. The van der Waals surface area contributed by atoms with Crippen LogP contribution in [0.5, 0.6) is 5.88 Å². The highest BCUT2D eigenvalue weighted by molar-refractivity contribution is 5.91. The minimum absolute atomic E-state index is 0.318. The van der Waals surface area contributed by atoms with Crippen LogP contribution in [0.2, 0.25) is 0 Å². The summed E-state index contributed by atoms with van der Waals surface area (Å²) in [6.45, 7) is 4.03. The predicted molar refractivity (Wildman–Crippen MR) is 85.7 cm³/mol. The molecule has 0 aromatic carbocycles. The molecule has 6 nitrogen and oxygen atoms in total. The summed E-state index contributed by atoms with van der Waals surface area (Å²) >= 11 is 0. The average molecular weight is 311 g/mol. The van der Waals surface area contributed by atoms with Crippen molar-refractivity contribution in [1.82, 2.24) is 14.4 Å². The Morgan fingerprint density at radius 1 is 1.30 bits per heavy atom. The van der Waals surface area contributed by atoms with Crippen LogP contribution < -0.4 is 4.74 Å². The fourth-order valence-corrected chi connectivity index (χ4v) is 2.50. The van der Waals surface area contributed by atoms with Crippen LogP contribution in [0.15, 0.2) is 36.5 Å². The smallest absolute Gasteiger partial charge is 0.338 e. The number of nitrogens with zero attached hydrogens (tertiary/aromatic N) is 3. The van der Waals surface area contributed by atoms with Gasteiger partial charge in [-0.1, -0.05) is 6.07 Å². The molecule has 6 heteroatoms. The molecule has 23 heavy (non-hydrogen) atoms. The molecule has 0 amide bonds. The summed E-state index contributed by atoms with van der Waals surface area (Å²) in [4.78, 5) is 20.9. The molecule has 0 spiro atoms. The Hall–Kier alpha value is -2.89. The summed E-state index contributed by atoms with van der Waals surface area (Å²) < 4.78 is 12.3. The van der Waals surface area contributed by atoms with Gasteiger partial charge in [0.2, 0.25) is 0 Å². The molecule has 0 saturated heterocycles. The maximum atomic E-state index is 12.0. The summed E-state index contributed by atoms with van der Waals surface area (Å²) in [6.07, 6.45) is 1.72. The second kappa shape index (κ2) is 6.08. The number of ether oxygens (including phenoxy) is 2. The van der Waals surface area contributed by atoms with E-state index in [1.807, 2.05) is 29.5 Å². The second-order valence-corrected chi connectivity index (χ2v) is 4.96. The lowest BCUT2D eigenvalue weighted by Crippen LogP contribution is -2.07. The van der Waals surface area contributed by atoms with Gasteiger partial charge in [-0.15, -0.1) is 0 Å². The van der Waals surface area contributed by atoms with Gasteiger partial charge in [-0.3, -0.25) is 9.38 Å². The highest BCUT2D eigenvalue weighted by Gasteiger charge is 2.18. The maximum Gasteiger partial charge on any atom is 0.338 e. The van der Waals surface area contributed by atoms with Gasteiger partial charge in [0.1, 0.15) is 11.3 Å². The van der Waals surface area contributed by atoms with Crippen LogP contribution in [0.4, 0.5) is 0 Å². The van der Waals surface area contributed by atoms with E-state index in [0.717, 1.165) is 17.1 Å². The van der Waals surface area contributed by atoms with Gasteiger partial charge in [0.05, 0.1) is 30.7 Å². The summed E-state index contributed by atoms with van der Waals surface area (Å²) in [7, 11) is 1.56. The van der Waals surface area contributed by atoms with Crippen LogP contribution in [0.25, 0.3) is 17.0 Å². The quantitative estimate of drug-likeness (QED) is 0.693. The van der Waals surface area contributed by atoms with Crippen molar-refractivity contribution < 1.29 is 14.3 Å². The Labute approximate surface area is 133 Å². The molecular formula is C17H17N3O3. The number of methoxy groups -OCH3 is 1. The van der Waals surface area contributed by atoms with Crippen LogP contribution in [0.3, 0.4) is 0 Å². The summed E-state index contributed by atoms with van der Waals surface area (Å²) in [5.74, 6) is 0.131. The van der Waals surface area contributed by atoms with Crippen LogP contribution in [-0.4, -0.2) is 34.1 Å². The van der Waals surface area contributed by atoms with E-state index in [1.54, 1.807) is 32.4 Å². The van der Waals surface area contributed by atoms with E-state index >= 15 is 0 Å². The van der Waals surface area contributed by atoms with Gasteiger partial charge in [-0.2, -0.15) is 0 Å². The zero-order valence-corrected chi connectivity index (χ0v) is 13.2. The number of carbonyl (C=O) groups is 1. The molecule has 0 unspecified atom stereocenters. The van der Waals surface area contributed by atoms with E-state index in [0.29, 0.717) is 23.7 Å². The Kier molecular flexibility index (Phi) is 3.97. The van der Waals surface area contributed by atoms with Gasteiger partial charge in [0, 0.05) is 12.3 Å². The Morgan fingerprint density at radius 3 is 2.78 bits per heavy atom. The lowest BCUT2D eigenvalue weighted by Gasteiger charge is -2.08. The number of aryl methyl sites for hydroxylation is 1. The van der Waals surface area contributed by atoms with Gasteiger partial charge >= 0.3 is 5.97 Å². The normalized spacial score (nSPS) is 10.7. The number of fused-ring (bicyclic) bond motifs is 1. The number of hydrogen-bond donors (Lipinski definition) is 0. The zero-order chi connectivity index (χ0) is 16.4. The average Bonchev–Trinajstić information content (AvgIpc) is 2.92. The fraction of sp³-hybridized carbons (Fsp3) is 0.235. The predicted octanol–water partition coefficient (Wildman–Crippen LogP) is 2.89. The largest absolute Gasteiger partial charge is 0.482 e. The van der Waals surface area contributed by atoms with Crippen molar-refractivity contribution in [3.8, 4) is 17.3 Å². The van der Waals surface area contributed by atoms with Crippen LogP contribution in [0, 0.1) is 6.92 Å². The molecule has 3 heterocycles. The van der Waals surface area contributed by atoms with Crippen LogP contribution in [0.1, 0.15) is 23.0 Å². The molecule has 0 N–H and O–H groups in total. The maximum absolute atomic E-state index is 12.0. The molecule has 0 saturated carbocycles. The minimum atomic E-state index is -0.395. The molecule has 0 radical (unpaired) electrons. The second-order valence-electron chi connectivity index (χ2n) is 4.96. The van der Waals surface area contributed by atoms with Gasteiger partial charge in [-0.05, 0) is 32.0 Å². The first-order valence-corrected chi connectivity index (χ1v) is 7.31. The lowest BCUT2D eigenvalue weighted by atomic mass is 10.2. The van der Waals surface area contributed by atoms with Gasteiger partial charge in [0.15, 0.2) is 5.88 Å². The molecule has 0 bridgehead atoms. The molecular weight excluding hydrogens is 294 g/mol. The first kappa shape index (κ1) is 15.0. The van der Waals surface area contributed by atoms with Crippen molar-refractivity contribution in [3.05, 3.63) is 47.8 Å². The molecule has 0 fully saturated rings. The van der Waals surface area contributed by atoms with Gasteiger partial charge < -0.3 is 9.47 Å². The standard InChI is InChI=1S/C17H17N3O3/c1-4-23-17(21)12-9-14-19-16(13-7-5-6-8-18-13)11(2)20(14)15(10-12)22-3/h5-10H,4H2,1-3H3. The third kappa shape index (κ3) is 2.63. The number of carbonyl (C=O) groups excluding carboxylic acids is 1. The molecule has 0 aliphatic heterocycles. The first-order valence-electron chi connectivity index (χ1n) is 7.31. The Bertz CT molecular complexity index is 856. The van der Waals surface area contributed by atoms with Crippen LogP contribution in [-0.2, 0) is 4.74 Å². The van der Waals surface area contributed by atoms with Gasteiger partial charge in [0.25, 0.3) is 0 Å². The number of pyridine rings is 2. The SMILES string of the molecule is CCOC(=O)c1cc(OC)n2c(C)c(-c3ccccn3)nc2c1. The van der Waals surface area contributed by atoms with E-state index < -0.39 is 5.97 Å². The van der Waals surface area contributed by atoms with Crippen molar-refractivity contribution >= 4 is 11.6 Å². The van der Waals surface area contributed by atoms with Crippen LogP contribution >= 0.6 is 0 Å². The molecule has 3 rings (SSSR count). The highest BCUT2D eigenvalue weighted by atomic mass is 16.5. The van der Waals surface area contributed by atoms with E-state index in [9.17, 15) is 4.79 Å². The van der Waals surface area contributed by atoms with Crippen molar-refractivity contribution in [2.75, 3.05) is 13.7 Å². The van der Waals surface area contributed by atoms with E-state index in [4.69, 9.17) is 9.47 Å².